The van der Waals surface area contributed by atoms with Gasteiger partial charge in [0.05, 0.1) is 26.2 Å². The highest BCUT2D eigenvalue weighted by Crippen LogP contribution is 2.08. The van der Waals surface area contributed by atoms with Crippen LogP contribution in [0.4, 0.5) is 0 Å². The Morgan fingerprint density at radius 2 is 1.50 bits per heavy atom. The third-order valence-corrected chi connectivity index (χ3v) is 3.58. The van der Waals surface area contributed by atoms with Crippen molar-refractivity contribution in [3.8, 4) is 0 Å². The molecular weight excluding hydrogens is 264 g/mol. The lowest BCUT2D eigenvalue weighted by atomic mass is 10.2. The smallest absolute Gasteiger partial charge is 0.243 e. The lowest BCUT2D eigenvalue weighted by Gasteiger charge is -2.36. The van der Waals surface area contributed by atoms with Crippen LogP contribution in [0.5, 0.6) is 0 Å². The Bertz CT molecular complexity index is 430. The molecule has 0 aromatic carbocycles. The van der Waals surface area contributed by atoms with Gasteiger partial charge in [0.2, 0.25) is 23.6 Å². The summed E-state index contributed by atoms with van der Waals surface area (Å²) in [6.07, 6.45) is 0. The molecule has 2 rings (SSSR count). The van der Waals surface area contributed by atoms with Crippen LogP contribution < -0.4 is 5.32 Å². The van der Waals surface area contributed by atoms with E-state index >= 15 is 0 Å². The van der Waals surface area contributed by atoms with E-state index in [0.717, 1.165) is 4.90 Å². The van der Waals surface area contributed by atoms with Crippen molar-refractivity contribution in [3.63, 3.8) is 0 Å². The first kappa shape index (κ1) is 14.6. The van der Waals surface area contributed by atoms with Crippen LogP contribution in [0.15, 0.2) is 0 Å². The largest absolute Gasteiger partial charge is 0.294 e. The average Bonchev–Trinajstić information content (AvgIpc) is 2.34. The summed E-state index contributed by atoms with van der Waals surface area (Å²) in [6, 6.07) is -0.0889. The summed E-state index contributed by atoms with van der Waals surface area (Å²) in [7, 11) is 1.47. The molecule has 110 valence electrons. The van der Waals surface area contributed by atoms with E-state index in [-0.39, 0.29) is 55.8 Å². The molecule has 0 radical (unpaired) electrons. The summed E-state index contributed by atoms with van der Waals surface area (Å²) >= 11 is 0. The molecule has 1 atom stereocenters. The van der Waals surface area contributed by atoms with Crippen LogP contribution in [0.2, 0.25) is 0 Å². The summed E-state index contributed by atoms with van der Waals surface area (Å²) in [6.45, 7) is 3.01. The van der Waals surface area contributed by atoms with Crippen molar-refractivity contribution in [2.45, 2.75) is 13.0 Å². The molecule has 0 aliphatic carbocycles. The van der Waals surface area contributed by atoms with Gasteiger partial charge in [0, 0.05) is 19.6 Å². The molecule has 8 heteroatoms. The Labute approximate surface area is 116 Å². The number of nitrogens with one attached hydrogen (secondary N) is 1. The van der Waals surface area contributed by atoms with Crippen molar-refractivity contribution < 1.29 is 19.2 Å². The number of nitrogens with zero attached hydrogens (tertiary/aromatic N) is 3. The van der Waals surface area contributed by atoms with Crippen LogP contribution in [0.1, 0.15) is 6.92 Å². The number of hydrogen-bond donors (Lipinski definition) is 1. The molecule has 2 heterocycles. The topological polar surface area (TPSA) is 90.0 Å². The molecule has 0 unspecified atom stereocenters. The lowest BCUT2D eigenvalue weighted by molar-refractivity contribution is -0.150. The Morgan fingerprint density at radius 3 is 2.00 bits per heavy atom. The number of amides is 4. The number of likely N-dealkylation sites (N-methyl/N-ethyl adjacent to an activating group) is 1. The third-order valence-electron chi connectivity index (χ3n) is 3.58. The summed E-state index contributed by atoms with van der Waals surface area (Å²) in [5.74, 6) is -1.11. The van der Waals surface area contributed by atoms with Gasteiger partial charge in [-0.25, -0.2) is 0 Å². The van der Waals surface area contributed by atoms with Gasteiger partial charge in [-0.05, 0) is 6.92 Å². The van der Waals surface area contributed by atoms with Gasteiger partial charge in [-0.15, -0.1) is 0 Å². The number of carbonyl (C=O) groups excluding carboxylic acids is 4. The predicted octanol–water partition coefficient (Wildman–Crippen LogP) is -2.37. The lowest BCUT2D eigenvalue weighted by Crippen LogP contribution is -2.58. The van der Waals surface area contributed by atoms with Crippen molar-refractivity contribution in [3.05, 3.63) is 0 Å². The average molecular weight is 282 g/mol. The minimum Gasteiger partial charge on any atom is -0.294 e. The number of hydrogen-bond acceptors (Lipinski definition) is 6. The van der Waals surface area contributed by atoms with E-state index in [1.807, 2.05) is 6.92 Å². The number of rotatable bonds is 3. The van der Waals surface area contributed by atoms with Crippen molar-refractivity contribution in [2.75, 3.05) is 39.8 Å². The Balaban J connectivity index is 1.92. The third kappa shape index (κ3) is 3.20. The van der Waals surface area contributed by atoms with Crippen molar-refractivity contribution in [1.29, 1.82) is 0 Å². The summed E-state index contributed by atoms with van der Waals surface area (Å²) < 4.78 is 0. The Kier molecular flexibility index (Phi) is 4.15. The van der Waals surface area contributed by atoms with E-state index in [1.165, 1.54) is 7.05 Å². The normalized spacial score (nSPS) is 24.0. The van der Waals surface area contributed by atoms with Crippen LogP contribution in [0.25, 0.3) is 0 Å². The van der Waals surface area contributed by atoms with Gasteiger partial charge in [-0.3, -0.25) is 39.2 Å². The quantitative estimate of drug-likeness (QED) is 0.582. The van der Waals surface area contributed by atoms with Crippen molar-refractivity contribution in [1.82, 2.24) is 20.0 Å². The fourth-order valence-electron chi connectivity index (χ4n) is 2.38. The van der Waals surface area contributed by atoms with E-state index in [0.29, 0.717) is 6.54 Å². The van der Waals surface area contributed by atoms with E-state index in [1.54, 1.807) is 9.80 Å². The molecule has 2 saturated heterocycles. The van der Waals surface area contributed by atoms with Crippen LogP contribution >= 0.6 is 0 Å². The highest BCUT2D eigenvalue weighted by molar-refractivity contribution is 5.99. The Morgan fingerprint density at radius 1 is 1.00 bits per heavy atom. The molecule has 0 spiro atoms. The van der Waals surface area contributed by atoms with Crippen molar-refractivity contribution in [2.24, 2.45) is 0 Å². The summed E-state index contributed by atoms with van der Waals surface area (Å²) in [5, 5.41) is 2.24. The number of piperazine rings is 2. The highest BCUT2D eigenvalue weighted by Gasteiger charge is 2.31. The van der Waals surface area contributed by atoms with E-state index in [9.17, 15) is 19.2 Å². The van der Waals surface area contributed by atoms with Crippen LogP contribution in [0.3, 0.4) is 0 Å². The molecule has 0 bridgehead atoms. The first-order valence-corrected chi connectivity index (χ1v) is 6.45. The molecule has 20 heavy (non-hydrogen) atoms. The van der Waals surface area contributed by atoms with Crippen molar-refractivity contribution >= 4 is 23.6 Å². The first-order valence-electron chi connectivity index (χ1n) is 6.45. The monoisotopic (exact) mass is 282 g/mol. The zero-order valence-corrected chi connectivity index (χ0v) is 11.6. The van der Waals surface area contributed by atoms with Gasteiger partial charge in [0.25, 0.3) is 0 Å². The molecule has 0 saturated carbocycles. The number of imide groups is 2. The summed E-state index contributed by atoms with van der Waals surface area (Å²) in [5.41, 5.74) is 0. The molecule has 2 aliphatic heterocycles. The second kappa shape index (κ2) is 5.68. The Hall–Kier alpha value is -1.80. The zero-order valence-electron chi connectivity index (χ0n) is 11.6. The van der Waals surface area contributed by atoms with Gasteiger partial charge >= 0.3 is 0 Å². The van der Waals surface area contributed by atoms with E-state index in [4.69, 9.17) is 0 Å². The van der Waals surface area contributed by atoms with Crippen LogP contribution in [-0.2, 0) is 19.2 Å². The fraction of sp³-hybridized carbons (Fsp3) is 0.667. The maximum absolute atomic E-state index is 11.6. The standard InChI is InChI=1S/C12H18N4O4/c1-8(16-4-9(17)13-10(18)5-16)3-15-6-11(19)14(2)12(20)7-15/h8H,3-7H2,1-2H3,(H,13,17,18)/t8-/m0/s1. The van der Waals surface area contributed by atoms with E-state index < -0.39 is 0 Å². The fourth-order valence-corrected chi connectivity index (χ4v) is 2.38. The first-order chi connectivity index (χ1) is 9.36. The molecule has 0 aromatic heterocycles. The van der Waals surface area contributed by atoms with E-state index in [2.05, 4.69) is 5.32 Å². The second-order valence-electron chi connectivity index (χ2n) is 5.24. The highest BCUT2D eigenvalue weighted by atomic mass is 16.2. The predicted molar refractivity (Wildman–Crippen MR) is 68.4 cm³/mol. The van der Waals surface area contributed by atoms with Gasteiger partial charge in [-0.2, -0.15) is 0 Å². The van der Waals surface area contributed by atoms with Crippen LogP contribution in [0, 0.1) is 0 Å². The minimum atomic E-state index is -0.321. The molecule has 1 N–H and O–H groups in total. The molecule has 2 fully saturated rings. The second-order valence-corrected chi connectivity index (χ2v) is 5.24. The van der Waals surface area contributed by atoms with Gasteiger partial charge in [-0.1, -0.05) is 0 Å². The van der Waals surface area contributed by atoms with Gasteiger partial charge in [0.15, 0.2) is 0 Å². The SMILES string of the molecule is C[C@@H](CN1CC(=O)N(C)C(=O)C1)N1CC(=O)NC(=O)C1. The molecule has 4 amide bonds. The maximum atomic E-state index is 11.6. The van der Waals surface area contributed by atoms with Gasteiger partial charge < -0.3 is 0 Å². The minimum absolute atomic E-state index is 0.0889. The zero-order chi connectivity index (χ0) is 14.9. The molecule has 2 aliphatic rings. The molecule has 8 nitrogen and oxygen atoms in total. The molecule has 0 aromatic rings. The maximum Gasteiger partial charge on any atom is 0.243 e. The molecular formula is C12H18N4O4. The summed E-state index contributed by atoms with van der Waals surface area (Å²) in [4.78, 5) is 50.5. The number of carbonyl (C=O) groups is 4. The van der Waals surface area contributed by atoms with Crippen LogP contribution in [-0.4, -0.2) is 84.1 Å². The van der Waals surface area contributed by atoms with Gasteiger partial charge in [0.1, 0.15) is 0 Å².